The van der Waals surface area contributed by atoms with E-state index in [1.54, 1.807) is 12.1 Å². The van der Waals surface area contributed by atoms with E-state index in [0.29, 0.717) is 31.2 Å². The number of nitrogens with one attached hydrogen (secondary N) is 1. The minimum atomic E-state index is -0.755. The average Bonchev–Trinajstić information content (AvgIpc) is 2.98. The van der Waals surface area contributed by atoms with Crippen LogP contribution in [0.3, 0.4) is 0 Å². The van der Waals surface area contributed by atoms with E-state index in [2.05, 4.69) is 5.32 Å². The summed E-state index contributed by atoms with van der Waals surface area (Å²) in [4.78, 5) is 22.3. The van der Waals surface area contributed by atoms with Crippen molar-refractivity contribution < 1.29 is 14.8 Å². The number of nitro groups is 1. The molecule has 1 aromatic rings. The van der Waals surface area contributed by atoms with Gasteiger partial charge in [-0.15, -0.1) is 0 Å². The van der Waals surface area contributed by atoms with E-state index < -0.39 is 5.97 Å². The third-order valence-electron chi connectivity index (χ3n) is 5.06. The number of aliphatic carboxylic acids is 1. The molecule has 0 amide bonds. The Morgan fingerprint density at radius 3 is 2.72 bits per heavy atom. The van der Waals surface area contributed by atoms with E-state index in [0.717, 1.165) is 24.8 Å². The highest BCUT2D eigenvalue weighted by Crippen LogP contribution is 2.31. The van der Waals surface area contributed by atoms with Crippen LogP contribution in [0.2, 0.25) is 0 Å². The summed E-state index contributed by atoms with van der Waals surface area (Å²) in [5, 5.41) is 24.0. The van der Waals surface area contributed by atoms with Crippen molar-refractivity contribution in [2.45, 2.75) is 52.0 Å². The van der Waals surface area contributed by atoms with Gasteiger partial charge in [0.05, 0.1) is 10.8 Å². The Morgan fingerprint density at radius 2 is 2.08 bits per heavy atom. The first-order valence-corrected chi connectivity index (χ1v) is 9.07. The molecule has 1 saturated carbocycles. The van der Waals surface area contributed by atoms with Crippen LogP contribution in [-0.2, 0) is 11.2 Å². The lowest BCUT2D eigenvalue weighted by molar-refractivity contribution is -0.385. The van der Waals surface area contributed by atoms with Crippen LogP contribution in [0.1, 0.15) is 45.1 Å². The molecule has 0 aromatic heterocycles. The largest absolute Gasteiger partial charge is 0.481 e. The molecule has 0 saturated heterocycles. The predicted molar refractivity (Wildman–Crippen MR) is 96.5 cm³/mol. The molecule has 0 bridgehead atoms. The van der Waals surface area contributed by atoms with Crippen LogP contribution in [0.4, 0.5) is 5.69 Å². The van der Waals surface area contributed by atoms with Gasteiger partial charge in [-0.1, -0.05) is 38.5 Å². The molecule has 0 spiro atoms. The van der Waals surface area contributed by atoms with Crippen molar-refractivity contribution in [2.24, 2.45) is 17.8 Å². The van der Waals surface area contributed by atoms with Gasteiger partial charge in [0.1, 0.15) is 0 Å². The van der Waals surface area contributed by atoms with Crippen LogP contribution in [0.15, 0.2) is 24.3 Å². The molecule has 6 heteroatoms. The van der Waals surface area contributed by atoms with Crippen molar-refractivity contribution in [3.63, 3.8) is 0 Å². The highest BCUT2D eigenvalue weighted by atomic mass is 16.6. The van der Waals surface area contributed by atoms with Gasteiger partial charge in [0.25, 0.3) is 5.69 Å². The zero-order valence-corrected chi connectivity index (χ0v) is 15.0. The predicted octanol–water partition coefficient (Wildman–Crippen LogP) is 3.64. The third kappa shape index (κ3) is 5.53. The van der Waals surface area contributed by atoms with Crippen molar-refractivity contribution in [2.75, 3.05) is 6.54 Å². The number of para-hydroxylation sites is 1. The van der Waals surface area contributed by atoms with E-state index in [9.17, 15) is 20.0 Å². The van der Waals surface area contributed by atoms with E-state index in [4.69, 9.17) is 0 Å². The van der Waals surface area contributed by atoms with Crippen molar-refractivity contribution in [3.05, 3.63) is 39.9 Å². The van der Waals surface area contributed by atoms with Crippen LogP contribution < -0.4 is 5.32 Å². The van der Waals surface area contributed by atoms with E-state index in [1.807, 2.05) is 26.0 Å². The van der Waals surface area contributed by atoms with Gasteiger partial charge in [-0.05, 0) is 37.5 Å². The van der Waals surface area contributed by atoms with Crippen LogP contribution in [-0.4, -0.2) is 28.6 Å². The Bertz CT molecular complexity index is 603. The highest BCUT2D eigenvalue weighted by Gasteiger charge is 2.30. The first-order chi connectivity index (χ1) is 11.9. The van der Waals surface area contributed by atoms with E-state index in [-0.39, 0.29) is 22.6 Å². The van der Waals surface area contributed by atoms with Gasteiger partial charge in [0.2, 0.25) is 0 Å². The summed E-state index contributed by atoms with van der Waals surface area (Å²) in [6.07, 6.45) is 4.41. The number of benzene rings is 1. The first kappa shape index (κ1) is 19.4. The summed E-state index contributed by atoms with van der Waals surface area (Å²) < 4.78 is 0. The summed E-state index contributed by atoms with van der Waals surface area (Å²) in [5.41, 5.74) is 0.944. The smallest absolute Gasteiger partial charge is 0.307 e. The van der Waals surface area contributed by atoms with Gasteiger partial charge in [0.15, 0.2) is 0 Å². The zero-order valence-electron chi connectivity index (χ0n) is 15.0. The minimum Gasteiger partial charge on any atom is -0.481 e. The quantitative estimate of drug-likeness (QED) is 0.525. The van der Waals surface area contributed by atoms with Crippen molar-refractivity contribution >= 4 is 11.7 Å². The number of rotatable bonds is 9. The monoisotopic (exact) mass is 348 g/mol. The molecule has 0 aliphatic heterocycles. The van der Waals surface area contributed by atoms with Crippen LogP contribution in [0.25, 0.3) is 0 Å². The van der Waals surface area contributed by atoms with Gasteiger partial charge in [-0.2, -0.15) is 0 Å². The molecule has 2 N–H and O–H groups in total. The Balaban J connectivity index is 1.98. The number of carbonyl (C=O) groups is 1. The SMILES string of the molecule is CC(C)CC(CNC1CCCC1Cc1ccccc1[N+](=O)[O-])C(=O)O. The highest BCUT2D eigenvalue weighted by molar-refractivity contribution is 5.70. The second kappa shape index (κ2) is 8.94. The second-order valence-corrected chi connectivity index (χ2v) is 7.46. The first-order valence-electron chi connectivity index (χ1n) is 9.07. The minimum absolute atomic E-state index is 0.177. The molecule has 3 atom stereocenters. The van der Waals surface area contributed by atoms with Crippen LogP contribution in [0.5, 0.6) is 0 Å². The normalized spacial score (nSPS) is 21.4. The Morgan fingerprint density at radius 1 is 1.36 bits per heavy atom. The number of carboxylic acid groups (broad SMARTS) is 1. The Hall–Kier alpha value is -1.95. The molecule has 1 aromatic carbocycles. The number of nitrogens with zero attached hydrogens (tertiary/aromatic N) is 1. The fraction of sp³-hybridized carbons (Fsp3) is 0.632. The fourth-order valence-corrected chi connectivity index (χ4v) is 3.83. The van der Waals surface area contributed by atoms with E-state index >= 15 is 0 Å². The lowest BCUT2D eigenvalue weighted by Crippen LogP contribution is -2.39. The Labute approximate surface area is 148 Å². The molecular formula is C19H28N2O4. The molecule has 3 unspecified atom stereocenters. The molecule has 6 nitrogen and oxygen atoms in total. The standard InChI is InChI=1S/C19H28N2O4/c1-13(2)10-16(19(22)23)12-20-17-8-5-7-14(17)11-15-6-3-4-9-18(15)21(24)25/h3-4,6,9,13-14,16-17,20H,5,7-8,10-12H2,1-2H3,(H,22,23). The van der Waals surface area contributed by atoms with Gasteiger partial charge in [-0.3, -0.25) is 14.9 Å². The van der Waals surface area contributed by atoms with Crippen LogP contribution >= 0.6 is 0 Å². The van der Waals surface area contributed by atoms with E-state index in [1.165, 1.54) is 0 Å². The van der Waals surface area contributed by atoms with Crippen molar-refractivity contribution in [3.8, 4) is 0 Å². The van der Waals surface area contributed by atoms with Crippen LogP contribution in [0, 0.1) is 27.9 Å². The summed E-state index contributed by atoms with van der Waals surface area (Å²) in [7, 11) is 0. The van der Waals surface area contributed by atoms with Gasteiger partial charge >= 0.3 is 5.97 Å². The molecule has 0 radical (unpaired) electrons. The summed E-state index contributed by atoms with van der Waals surface area (Å²) in [6, 6.07) is 7.13. The molecule has 1 aliphatic carbocycles. The maximum atomic E-state index is 11.4. The van der Waals surface area contributed by atoms with Crippen molar-refractivity contribution in [1.82, 2.24) is 5.32 Å². The number of hydrogen-bond donors (Lipinski definition) is 2. The topological polar surface area (TPSA) is 92.5 Å². The third-order valence-corrected chi connectivity index (χ3v) is 5.06. The van der Waals surface area contributed by atoms with Gasteiger partial charge in [-0.25, -0.2) is 0 Å². The molecule has 138 valence electrons. The second-order valence-electron chi connectivity index (χ2n) is 7.46. The lowest BCUT2D eigenvalue weighted by atomic mass is 9.92. The maximum absolute atomic E-state index is 11.4. The number of nitro benzene ring substituents is 1. The molecule has 25 heavy (non-hydrogen) atoms. The summed E-state index contributed by atoms with van der Waals surface area (Å²) >= 11 is 0. The number of hydrogen-bond acceptors (Lipinski definition) is 4. The molecular weight excluding hydrogens is 320 g/mol. The van der Waals surface area contributed by atoms with Gasteiger partial charge in [0, 0.05) is 24.2 Å². The zero-order chi connectivity index (χ0) is 18.4. The average molecular weight is 348 g/mol. The molecule has 0 heterocycles. The Kier molecular flexibility index (Phi) is 6.93. The molecule has 1 fully saturated rings. The molecule has 2 rings (SSSR count). The van der Waals surface area contributed by atoms with Crippen molar-refractivity contribution in [1.29, 1.82) is 0 Å². The fourth-order valence-electron chi connectivity index (χ4n) is 3.83. The number of carboxylic acids is 1. The summed E-state index contributed by atoms with van der Waals surface area (Å²) in [5.74, 6) is -0.481. The lowest BCUT2D eigenvalue weighted by Gasteiger charge is -2.24. The van der Waals surface area contributed by atoms with Gasteiger partial charge < -0.3 is 10.4 Å². The summed E-state index contributed by atoms with van der Waals surface area (Å²) in [6.45, 7) is 4.53. The molecule has 1 aliphatic rings. The maximum Gasteiger partial charge on any atom is 0.307 e.